The standard InChI is InChI=1S/C52H44Cl12N8O4.Zn/c1-5-9-13-17-73-41-33(57)25-21(29(53)37(41)61)45-65-49(25)69-46-22-26(34(58)42(38(62)30(22)54)74-18-14-10-6-2)51(66-46)71-48-24-28(36(60)44(40(64)32(24)56)76-20-16-12-8-4)52(68-48)72-47-23-27(50(67-47)70-45)35(59)43(39(63)31(23)55)75-19-15-11-7-3;/h5-20H2,1-4H3;/q-2;+2. The molecule has 0 fully saturated rings. The Morgan fingerprint density at radius 2 is 0.519 bits per heavy atom. The Bertz CT molecular complexity index is 3400. The van der Waals surface area contributed by atoms with Crippen LogP contribution < -0.4 is 28.9 Å². The number of hydrogen-bond donors (Lipinski definition) is 0. The van der Waals surface area contributed by atoms with E-state index in [1.54, 1.807) is 0 Å². The van der Waals surface area contributed by atoms with Crippen LogP contribution >= 0.6 is 139 Å². The van der Waals surface area contributed by atoms with E-state index < -0.39 is 0 Å². The van der Waals surface area contributed by atoms with Crippen molar-refractivity contribution in [3.63, 3.8) is 0 Å². The van der Waals surface area contributed by atoms with Gasteiger partial charge in [-0.05, 0) is 25.7 Å². The Morgan fingerprint density at radius 3 is 0.792 bits per heavy atom. The van der Waals surface area contributed by atoms with Gasteiger partial charge in [0.1, 0.15) is 20.1 Å². The molecule has 0 saturated heterocycles. The zero-order valence-electron chi connectivity index (χ0n) is 41.8. The van der Waals surface area contributed by atoms with E-state index in [-0.39, 0.29) is 219 Å². The monoisotopic (exact) mass is 1330 g/mol. The Morgan fingerprint density at radius 1 is 0.286 bits per heavy atom. The molecule has 0 saturated carbocycles. The Labute approximate surface area is 516 Å². The number of halogens is 12. The van der Waals surface area contributed by atoms with Gasteiger partial charge >= 0.3 is 19.5 Å². The molecule has 7 aromatic rings. The zero-order valence-corrected chi connectivity index (χ0v) is 53.8. The zero-order chi connectivity index (χ0) is 54.3. The first-order chi connectivity index (χ1) is 36.6. The number of rotatable bonds is 20. The van der Waals surface area contributed by atoms with E-state index in [2.05, 4.69) is 27.7 Å². The normalized spacial score (nSPS) is 11.8. The maximum Gasteiger partial charge on any atom is 2.00 e. The smallest absolute Gasteiger partial charge is 0.490 e. The topological polar surface area (TPSA) is 142 Å². The minimum absolute atomic E-state index is 0. The number of fused-ring (bicyclic) bond motifs is 20. The predicted octanol–water partition coefficient (Wildman–Crippen LogP) is 20.2. The van der Waals surface area contributed by atoms with Gasteiger partial charge in [-0.15, -0.1) is 0 Å². The molecule has 0 amide bonds. The van der Waals surface area contributed by atoms with Crippen LogP contribution in [-0.2, 0) is 19.5 Å². The Kier molecular flexibility index (Phi) is 20.6. The van der Waals surface area contributed by atoms with E-state index in [9.17, 15) is 0 Å². The van der Waals surface area contributed by atoms with E-state index >= 15 is 0 Å². The van der Waals surface area contributed by atoms with Crippen molar-refractivity contribution in [2.45, 2.75) is 105 Å². The third kappa shape index (κ3) is 11.4. The summed E-state index contributed by atoms with van der Waals surface area (Å²) in [4.78, 5) is 40.0. The SMILES string of the molecule is CCCCCOc1c(Cl)c(Cl)c2c(c1Cl)-c1nc-2nc2[n-]c(nc3nc(nc4[n-]c(n1)c1c(Cl)c(Cl)c(OCCCCC)c(Cl)c41)-c1c(Cl)c(Cl)c(OCCCCC)c(Cl)c1-3)c1c(Cl)c(Cl)c(OCCCCC)c(Cl)c21.[Zn+2]. The van der Waals surface area contributed by atoms with Crippen molar-refractivity contribution in [1.82, 2.24) is 39.9 Å². The van der Waals surface area contributed by atoms with Crippen LogP contribution in [0.2, 0.25) is 60.3 Å². The second-order valence-corrected chi connectivity index (χ2v) is 22.3. The van der Waals surface area contributed by atoms with Crippen molar-refractivity contribution in [2.75, 3.05) is 26.4 Å². The van der Waals surface area contributed by atoms with Crippen LogP contribution in [0.3, 0.4) is 0 Å². The molecule has 0 radical (unpaired) electrons. The summed E-state index contributed by atoms with van der Waals surface area (Å²) in [6, 6.07) is 0. The summed E-state index contributed by atoms with van der Waals surface area (Å²) in [5, 5.41) is 0.820. The fourth-order valence-electron chi connectivity index (χ4n) is 8.74. The number of aromatic nitrogens is 8. The molecule has 12 nitrogen and oxygen atoms in total. The first kappa shape index (κ1) is 60.6. The molecule has 2 aliphatic heterocycles. The molecule has 402 valence electrons. The molecule has 8 bridgehead atoms. The van der Waals surface area contributed by atoms with Crippen molar-refractivity contribution in [1.29, 1.82) is 0 Å². The van der Waals surface area contributed by atoms with Crippen LogP contribution in [0.5, 0.6) is 23.0 Å². The van der Waals surface area contributed by atoms with Crippen molar-refractivity contribution < 1.29 is 38.4 Å². The van der Waals surface area contributed by atoms with Crippen molar-refractivity contribution >= 4 is 183 Å². The van der Waals surface area contributed by atoms with Crippen molar-refractivity contribution in [3.05, 3.63) is 60.3 Å². The molecule has 3 aromatic heterocycles. The quantitative estimate of drug-likeness (QED) is 0.0407. The number of benzene rings is 4. The molecule has 2 aliphatic rings. The van der Waals surface area contributed by atoms with Crippen LogP contribution in [0, 0.1) is 0 Å². The van der Waals surface area contributed by atoms with Gasteiger partial charge in [0.15, 0.2) is 23.0 Å². The molecule has 5 heterocycles. The van der Waals surface area contributed by atoms with Gasteiger partial charge in [-0.1, -0.05) is 218 Å². The molecule has 0 aliphatic carbocycles. The van der Waals surface area contributed by atoms with Gasteiger partial charge < -0.3 is 48.9 Å². The van der Waals surface area contributed by atoms with E-state index in [1.807, 2.05) is 0 Å². The summed E-state index contributed by atoms with van der Waals surface area (Å²) in [7, 11) is 0. The van der Waals surface area contributed by atoms with Crippen LogP contribution in [0.25, 0.3) is 89.7 Å². The van der Waals surface area contributed by atoms with Gasteiger partial charge in [0.05, 0.1) is 89.9 Å². The minimum atomic E-state index is -0.0510. The molecule has 0 spiro atoms. The molecule has 0 unspecified atom stereocenters. The maximum absolute atomic E-state index is 7.34. The average Bonchev–Trinajstić information content (AvgIpc) is 4.16. The third-order valence-corrected chi connectivity index (χ3v) is 17.4. The van der Waals surface area contributed by atoms with Crippen LogP contribution in [0.4, 0.5) is 0 Å². The maximum atomic E-state index is 7.34. The minimum Gasteiger partial charge on any atom is -0.490 e. The van der Waals surface area contributed by atoms with E-state index in [1.165, 1.54) is 0 Å². The van der Waals surface area contributed by atoms with Gasteiger partial charge in [0, 0.05) is 66.4 Å². The number of unbranched alkanes of at least 4 members (excludes halogenated alkanes) is 8. The van der Waals surface area contributed by atoms with Crippen molar-refractivity contribution in [2.24, 2.45) is 0 Å². The van der Waals surface area contributed by atoms with Gasteiger partial charge in [-0.25, -0.2) is 9.97 Å². The first-order valence-electron chi connectivity index (χ1n) is 24.6. The Hall–Kier alpha value is -2.46. The van der Waals surface area contributed by atoms with Gasteiger partial charge in [0.2, 0.25) is 0 Å². The molecular weight excluding hydrogens is 1290 g/mol. The molecule has 77 heavy (non-hydrogen) atoms. The molecule has 0 atom stereocenters. The van der Waals surface area contributed by atoms with Gasteiger partial charge in [-0.3, -0.25) is 0 Å². The number of nitrogens with zero attached hydrogens (tertiary/aromatic N) is 8. The van der Waals surface area contributed by atoms with E-state index in [0.717, 1.165) is 51.4 Å². The third-order valence-electron chi connectivity index (χ3n) is 12.6. The summed E-state index contributed by atoms with van der Waals surface area (Å²) >= 11 is 86.6. The van der Waals surface area contributed by atoms with Crippen molar-refractivity contribution in [3.8, 4) is 68.5 Å². The predicted molar refractivity (Wildman–Crippen MR) is 314 cm³/mol. The molecule has 0 N–H and O–H groups in total. The summed E-state index contributed by atoms with van der Waals surface area (Å²) in [5.74, 6) is 0.213. The summed E-state index contributed by atoms with van der Waals surface area (Å²) in [5.41, 5.74) is 0.529. The molecule has 25 heteroatoms. The van der Waals surface area contributed by atoms with Gasteiger partial charge in [-0.2, -0.15) is 0 Å². The molecular formula is C52H44Cl12N8O4Zn. The fraction of sp³-hybridized carbons (Fsp3) is 0.385. The summed E-state index contributed by atoms with van der Waals surface area (Å²) < 4.78 is 24.9. The first-order valence-corrected chi connectivity index (χ1v) is 29.2. The van der Waals surface area contributed by atoms with E-state index in [0.29, 0.717) is 25.7 Å². The van der Waals surface area contributed by atoms with Crippen LogP contribution in [-0.4, -0.2) is 56.3 Å². The summed E-state index contributed by atoms with van der Waals surface area (Å²) in [6.07, 6.45) is 10.2. The van der Waals surface area contributed by atoms with E-state index in [4.69, 9.17) is 198 Å². The van der Waals surface area contributed by atoms with Crippen LogP contribution in [0.1, 0.15) is 105 Å². The second-order valence-electron chi connectivity index (χ2n) is 17.8. The second kappa shape index (κ2) is 26.2. The molecule has 4 aromatic carbocycles. The summed E-state index contributed by atoms with van der Waals surface area (Å²) in [6.45, 7) is 9.42. The van der Waals surface area contributed by atoms with Crippen LogP contribution in [0.15, 0.2) is 0 Å². The molecule has 9 rings (SSSR count). The Balaban J connectivity index is 0.00000784. The fourth-order valence-corrected chi connectivity index (χ4v) is 12.3. The average molecular weight is 1340 g/mol. The number of ether oxygens (including phenoxy) is 4. The van der Waals surface area contributed by atoms with Gasteiger partial charge in [0.25, 0.3) is 0 Å². The number of hydrogen-bond acceptors (Lipinski definition) is 10. The largest absolute Gasteiger partial charge is 2.00 e.